The summed E-state index contributed by atoms with van der Waals surface area (Å²) < 4.78 is 2.82. The molecule has 1 amide bonds. The Morgan fingerprint density at radius 1 is 0.882 bits per heavy atom. The molecule has 1 aromatic heterocycles. The van der Waals surface area contributed by atoms with Gasteiger partial charge in [-0.3, -0.25) is 9.36 Å². The number of hydrogen-bond donors (Lipinski definition) is 2. The van der Waals surface area contributed by atoms with Gasteiger partial charge in [-0.15, -0.1) is 10.2 Å². The lowest BCUT2D eigenvalue weighted by atomic mass is 10.1. The fraction of sp³-hybridized carbons (Fsp3) is 0.0385. The molecule has 4 aromatic carbocycles. The minimum atomic E-state index is -0.149. The second-order valence-corrected chi connectivity index (χ2v) is 9.27. The van der Waals surface area contributed by atoms with Crippen molar-refractivity contribution in [3.05, 3.63) is 95.5 Å². The minimum absolute atomic E-state index is 0.114. The van der Waals surface area contributed by atoms with Crippen molar-refractivity contribution in [2.45, 2.75) is 5.16 Å². The van der Waals surface area contributed by atoms with E-state index in [1.54, 1.807) is 18.2 Å². The number of para-hydroxylation sites is 2. The maximum Gasteiger partial charge on any atom is 0.234 e. The average Bonchev–Trinajstić information content (AvgIpc) is 3.29. The van der Waals surface area contributed by atoms with E-state index in [1.165, 1.54) is 11.8 Å². The quantitative estimate of drug-likeness (QED) is 0.252. The van der Waals surface area contributed by atoms with Crippen LogP contribution < -0.4 is 5.32 Å². The van der Waals surface area contributed by atoms with Crippen molar-refractivity contribution in [1.29, 1.82) is 0 Å². The molecule has 168 valence electrons. The Bertz CT molecular complexity index is 1490. The van der Waals surface area contributed by atoms with E-state index in [4.69, 9.17) is 0 Å². The van der Waals surface area contributed by atoms with Gasteiger partial charge in [0.25, 0.3) is 0 Å². The molecule has 0 saturated heterocycles. The topological polar surface area (TPSA) is 80.0 Å². The summed E-state index contributed by atoms with van der Waals surface area (Å²) in [5, 5.41) is 24.6. The van der Waals surface area contributed by atoms with Crippen LogP contribution in [0.1, 0.15) is 0 Å². The van der Waals surface area contributed by atoms with Crippen LogP contribution in [0, 0.1) is 0 Å². The molecule has 2 N–H and O–H groups in total. The largest absolute Gasteiger partial charge is 0.507 e. The van der Waals surface area contributed by atoms with Crippen molar-refractivity contribution in [2.75, 3.05) is 11.1 Å². The number of anilines is 1. The molecule has 0 bridgehead atoms. The zero-order chi connectivity index (χ0) is 23.5. The zero-order valence-corrected chi connectivity index (χ0v) is 20.3. The molecule has 0 saturated carbocycles. The van der Waals surface area contributed by atoms with Crippen LogP contribution in [-0.2, 0) is 4.79 Å². The van der Waals surface area contributed by atoms with Crippen LogP contribution in [-0.4, -0.2) is 31.5 Å². The van der Waals surface area contributed by atoms with Crippen LogP contribution in [0.5, 0.6) is 5.75 Å². The molecule has 6 nitrogen and oxygen atoms in total. The Balaban J connectivity index is 1.42. The lowest BCUT2D eigenvalue weighted by Crippen LogP contribution is -2.15. The van der Waals surface area contributed by atoms with Crippen molar-refractivity contribution >= 4 is 50.1 Å². The number of halogens is 1. The Labute approximate surface area is 208 Å². The van der Waals surface area contributed by atoms with E-state index in [1.807, 2.05) is 77.4 Å². The van der Waals surface area contributed by atoms with Gasteiger partial charge in [-0.05, 0) is 41.8 Å². The maximum absolute atomic E-state index is 12.9. The van der Waals surface area contributed by atoms with Gasteiger partial charge in [0, 0.05) is 21.2 Å². The summed E-state index contributed by atoms with van der Waals surface area (Å²) in [6.07, 6.45) is 0. The predicted molar refractivity (Wildman–Crippen MR) is 139 cm³/mol. The lowest BCUT2D eigenvalue weighted by Gasteiger charge is -2.12. The smallest absolute Gasteiger partial charge is 0.234 e. The maximum atomic E-state index is 12.9. The summed E-state index contributed by atoms with van der Waals surface area (Å²) in [6, 6.07) is 28.3. The number of aromatic hydroxyl groups is 1. The number of thioether (sulfide) groups is 1. The van der Waals surface area contributed by atoms with Gasteiger partial charge in [-0.25, -0.2) is 0 Å². The van der Waals surface area contributed by atoms with E-state index in [2.05, 4.69) is 31.4 Å². The third-order valence-corrected chi connectivity index (χ3v) is 6.89. The first kappa shape index (κ1) is 22.2. The van der Waals surface area contributed by atoms with E-state index >= 15 is 0 Å². The number of rotatable bonds is 6. The van der Waals surface area contributed by atoms with Crippen molar-refractivity contribution < 1.29 is 9.90 Å². The normalized spacial score (nSPS) is 11.0. The summed E-state index contributed by atoms with van der Waals surface area (Å²) in [5.74, 6) is 0.620. The molecule has 34 heavy (non-hydrogen) atoms. The molecule has 0 aliphatic heterocycles. The number of phenols is 1. The molecule has 0 aliphatic rings. The number of benzene rings is 4. The van der Waals surface area contributed by atoms with E-state index < -0.39 is 0 Å². The highest BCUT2D eigenvalue weighted by molar-refractivity contribution is 9.10. The van der Waals surface area contributed by atoms with Crippen LogP contribution in [0.4, 0.5) is 5.69 Å². The Hall–Kier alpha value is -3.62. The summed E-state index contributed by atoms with van der Waals surface area (Å²) in [7, 11) is 0. The lowest BCUT2D eigenvalue weighted by molar-refractivity contribution is -0.113. The molecular weight excluding hydrogens is 512 g/mol. The second-order valence-electron chi connectivity index (χ2n) is 7.47. The zero-order valence-electron chi connectivity index (χ0n) is 17.9. The number of carbonyl (C=O) groups is 1. The summed E-state index contributed by atoms with van der Waals surface area (Å²) in [6.45, 7) is 0. The first-order chi connectivity index (χ1) is 16.6. The van der Waals surface area contributed by atoms with Crippen molar-refractivity contribution in [3.63, 3.8) is 0 Å². The molecule has 0 spiro atoms. The highest BCUT2D eigenvalue weighted by Gasteiger charge is 2.19. The van der Waals surface area contributed by atoms with Crippen molar-refractivity contribution in [1.82, 2.24) is 14.8 Å². The molecular formula is C26H19BrN4O2S. The Kier molecular flexibility index (Phi) is 6.33. The number of nitrogens with zero attached hydrogens (tertiary/aromatic N) is 3. The SMILES string of the molecule is O=C(CSc1nnc(-c2ccccc2O)n1-c1ccccc1)Nc1ccc(Br)c2ccccc12. The van der Waals surface area contributed by atoms with E-state index in [9.17, 15) is 9.90 Å². The second kappa shape index (κ2) is 9.70. The van der Waals surface area contributed by atoms with Crippen molar-refractivity contribution in [3.8, 4) is 22.8 Å². The molecule has 0 unspecified atom stereocenters. The van der Waals surface area contributed by atoms with Crippen LogP contribution in [0.3, 0.4) is 0 Å². The molecule has 0 radical (unpaired) electrons. The van der Waals surface area contributed by atoms with Crippen molar-refractivity contribution in [2.24, 2.45) is 0 Å². The van der Waals surface area contributed by atoms with Gasteiger partial charge >= 0.3 is 0 Å². The van der Waals surface area contributed by atoms with Gasteiger partial charge in [-0.1, -0.05) is 82.3 Å². The van der Waals surface area contributed by atoms with Crippen LogP contribution in [0.2, 0.25) is 0 Å². The van der Waals surface area contributed by atoms with Gasteiger partial charge < -0.3 is 10.4 Å². The average molecular weight is 531 g/mol. The number of aromatic nitrogens is 3. The number of carbonyl (C=O) groups excluding carboxylic acids is 1. The van der Waals surface area contributed by atoms with E-state index in [0.29, 0.717) is 16.5 Å². The molecule has 5 aromatic rings. The molecule has 8 heteroatoms. The first-order valence-corrected chi connectivity index (χ1v) is 12.3. The Morgan fingerprint density at radius 3 is 2.38 bits per heavy atom. The molecule has 5 rings (SSSR count). The standard InChI is InChI=1S/C26H19BrN4O2S/c27-21-14-15-22(19-11-5-4-10-18(19)21)28-24(33)16-34-26-30-29-25(20-12-6-7-13-23(20)32)31(26)17-8-2-1-3-9-17/h1-15,32H,16H2,(H,28,33). The third kappa shape index (κ3) is 4.42. The number of nitrogens with one attached hydrogen (secondary N) is 1. The summed E-state index contributed by atoms with van der Waals surface area (Å²) >= 11 is 4.85. The highest BCUT2D eigenvalue weighted by Crippen LogP contribution is 2.33. The van der Waals surface area contributed by atoms with Crippen LogP contribution in [0.15, 0.2) is 101 Å². The van der Waals surface area contributed by atoms with E-state index in [0.717, 1.165) is 26.6 Å². The van der Waals surface area contributed by atoms with Crippen LogP contribution in [0.25, 0.3) is 27.8 Å². The van der Waals surface area contributed by atoms with Gasteiger partial charge in [0.1, 0.15) is 5.75 Å². The Morgan fingerprint density at radius 2 is 1.59 bits per heavy atom. The monoisotopic (exact) mass is 530 g/mol. The number of phenolic OH excluding ortho intramolecular Hbond substituents is 1. The molecule has 0 atom stereocenters. The van der Waals surface area contributed by atoms with Crippen LogP contribution >= 0.6 is 27.7 Å². The number of amides is 1. The van der Waals surface area contributed by atoms with Gasteiger partial charge in [0.2, 0.25) is 5.91 Å². The van der Waals surface area contributed by atoms with E-state index in [-0.39, 0.29) is 17.4 Å². The molecule has 1 heterocycles. The highest BCUT2D eigenvalue weighted by atomic mass is 79.9. The number of hydrogen-bond acceptors (Lipinski definition) is 5. The fourth-order valence-electron chi connectivity index (χ4n) is 3.70. The van der Waals surface area contributed by atoms with Gasteiger partial charge in [-0.2, -0.15) is 0 Å². The minimum Gasteiger partial charge on any atom is -0.507 e. The van der Waals surface area contributed by atoms with Gasteiger partial charge in [0.05, 0.1) is 11.3 Å². The molecule has 0 fully saturated rings. The summed E-state index contributed by atoms with van der Waals surface area (Å²) in [4.78, 5) is 12.9. The first-order valence-electron chi connectivity index (χ1n) is 10.5. The fourth-order valence-corrected chi connectivity index (χ4v) is 4.93. The van der Waals surface area contributed by atoms with Gasteiger partial charge in [0.15, 0.2) is 11.0 Å². The predicted octanol–water partition coefficient (Wildman–Crippen LogP) is 6.29. The summed E-state index contributed by atoms with van der Waals surface area (Å²) in [5.41, 5.74) is 2.16. The third-order valence-electron chi connectivity index (χ3n) is 5.27. The molecule has 0 aliphatic carbocycles. The number of fused-ring (bicyclic) bond motifs is 1.